The maximum atomic E-state index is 14.6. The highest BCUT2D eigenvalue weighted by Crippen LogP contribution is 2.32. The van der Waals surface area contributed by atoms with Crippen molar-refractivity contribution in [2.75, 3.05) is 20.8 Å². The molecule has 53 heavy (non-hydrogen) atoms. The Morgan fingerprint density at radius 1 is 0.679 bits per heavy atom. The Labute approximate surface area is 305 Å². The predicted molar refractivity (Wildman–Crippen MR) is 192 cm³/mol. The molecule has 13 heteroatoms. The van der Waals surface area contributed by atoms with Gasteiger partial charge in [-0.25, -0.2) is 23.0 Å². The van der Waals surface area contributed by atoms with Crippen LogP contribution < -0.4 is 0 Å². The standard InChI is InChI=1S/C40H35F3N2O7S/c1-4-44(53(49,50)36-13-9-8-12-34(36)38(47)51-2)45(35(39(48)52-3)26-27-14-16-29(17-15-27)28-10-6-5-7-11-28)37(46)32-20-18-30(19-21-32)31-22-24-33(25-23-31)40(41,42)43/h5-25,35H,4,26H2,1-3H3. The van der Waals surface area contributed by atoms with E-state index in [1.807, 2.05) is 42.5 Å². The molecule has 1 amide bonds. The van der Waals surface area contributed by atoms with Gasteiger partial charge in [-0.05, 0) is 71.1 Å². The number of hydrogen-bond donors (Lipinski definition) is 0. The van der Waals surface area contributed by atoms with Gasteiger partial charge in [-0.2, -0.15) is 13.2 Å². The first-order chi connectivity index (χ1) is 25.3. The highest BCUT2D eigenvalue weighted by atomic mass is 32.2. The molecule has 0 aliphatic carbocycles. The molecule has 0 aliphatic rings. The summed E-state index contributed by atoms with van der Waals surface area (Å²) >= 11 is 0. The molecule has 0 N–H and O–H groups in total. The smallest absolute Gasteiger partial charge is 0.416 e. The number of esters is 2. The van der Waals surface area contributed by atoms with Gasteiger partial charge in [0.15, 0.2) is 6.04 Å². The molecule has 9 nitrogen and oxygen atoms in total. The molecule has 5 rings (SSSR count). The highest BCUT2D eigenvalue weighted by Gasteiger charge is 2.42. The number of hydrazine groups is 1. The van der Waals surface area contributed by atoms with E-state index in [9.17, 15) is 36.0 Å². The van der Waals surface area contributed by atoms with Gasteiger partial charge in [0.05, 0.1) is 30.2 Å². The maximum absolute atomic E-state index is 14.6. The van der Waals surface area contributed by atoms with Crippen LogP contribution in [0.15, 0.2) is 132 Å². The van der Waals surface area contributed by atoms with E-state index in [4.69, 9.17) is 9.47 Å². The lowest BCUT2D eigenvalue weighted by atomic mass is 9.99. The monoisotopic (exact) mass is 744 g/mol. The van der Waals surface area contributed by atoms with Crippen LogP contribution in [0.1, 0.15) is 38.8 Å². The Bertz CT molecular complexity index is 2180. The van der Waals surface area contributed by atoms with Crippen molar-refractivity contribution in [3.8, 4) is 22.3 Å². The molecule has 0 fully saturated rings. The summed E-state index contributed by atoms with van der Waals surface area (Å²) in [5.74, 6) is -2.75. The van der Waals surface area contributed by atoms with Crippen LogP contribution in [0.5, 0.6) is 0 Å². The van der Waals surface area contributed by atoms with Crippen LogP contribution in [0.2, 0.25) is 0 Å². The van der Waals surface area contributed by atoms with Gasteiger partial charge in [-0.15, -0.1) is 4.41 Å². The van der Waals surface area contributed by atoms with Crippen LogP contribution in [0.4, 0.5) is 13.2 Å². The number of carbonyl (C=O) groups excluding carboxylic acids is 3. The molecule has 5 aromatic rings. The van der Waals surface area contributed by atoms with E-state index in [1.54, 1.807) is 12.1 Å². The van der Waals surface area contributed by atoms with Crippen molar-refractivity contribution in [1.29, 1.82) is 0 Å². The van der Waals surface area contributed by atoms with E-state index in [0.29, 0.717) is 16.7 Å². The minimum absolute atomic E-state index is 0.0381. The summed E-state index contributed by atoms with van der Waals surface area (Å²) in [5.41, 5.74) is 2.21. The first kappa shape index (κ1) is 38.4. The largest absolute Gasteiger partial charge is 0.467 e. The molecule has 0 heterocycles. The fourth-order valence-corrected chi connectivity index (χ4v) is 7.47. The number of nitrogens with zero attached hydrogens (tertiary/aromatic N) is 2. The average Bonchev–Trinajstić information content (AvgIpc) is 3.18. The Balaban J connectivity index is 1.60. The quantitative estimate of drug-likeness (QED) is 0.0953. The Morgan fingerprint density at radius 2 is 1.19 bits per heavy atom. The maximum Gasteiger partial charge on any atom is 0.416 e. The van der Waals surface area contributed by atoms with Gasteiger partial charge in [0.2, 0.25) is 0 Å². The number of methoxy groups -OCH3 is 2. The van der Waals surface area contributed by atoms with Crippen molar-refractivity contribution < 1.29 is 45.4 Å². The molecular formula is C40H35F3N2O7S. The van der Waals surface area contributed by atoms with Crippen LogP contribution in [0, 0.1) is 0 Å². The summed E-state index contributed by atoms with van der Waals surface area (Å²) in [6, 6.07) is 30.8. The third kappa shape index (κ3) is 8.48. The number of rotatable bonds is 12. The van der Waals surface area contributed by atoms with Gasteiger partial charge in [0, 0.05) is 18.5 Å². The SMILES string of the molecule is CCN(N(C(=O)c1ccc(-c2ccc(C(F)(F)F)cc2)cc1)C(Cc1ccc(-c2ccccc2)cc1)C(=O)OC)S(=O)(=O)c1ccccc1C(=O)OC. The van der Waals surface area contributed by atoms with Crippen molar-refractivity contribution in [1.82, 2.24) is 9.42 Å². The zero-order valence-corrected chi connectivity index (χ0v) is 29.7. The zero-order chi connectivity index (χ0) is 38.3. The number of alkyl halides is 3. The van der Waals surface area contributed by atoms with E-state index >= 15 is 0 Å². The molecule has 1 atom stereocenters. The highest BCUT2D eigenvalue weighted by molar-refractivity contribution is 7.89. The van der Waals surface area contributed by atoms with Crippen molar-refractivity contribution in [2.24, 2.45) is 0 Å². The third-order valence-electron chi connectivity index (χ3n) is 8.50. The summed E-state index contributed by atoms with van der Waals surface area (Å²) in [4.78, 5) is 40.4. The van der Waals surface area contributed by atoms with Gasteiger partial charge in [0.25, 0.3) is 15.9 Å². The second-order valence-corrected chi connectivity index (χ2v) is 13.6. The molecule has 0 bridgehead atoms. The predicted octanol–water partition coefficient (Wildman–Crippen LogP) is 7.68. The van der Waals surface area contributed by atoms with Gasteiger partial charge >= 0.3 is 18.1 Å². The summed E-state index contributed by atoms with van der Waals surface area (Å²) < 4.78 is 79.1. The Hall–Kier alpha value is -5.79. The van der Waals surface area contributed by atoms with Gasteiger partial charge < -0.3 is 9.47 Å². The second-order valence-electron chi connectivity index (χ2n) is 11.7. The lowest BCUT2D eigenvalue weighted by Crippen LogP contribution is -2.58. The van der Waals surface area contributed by atoms with Crippen LogP contribution in [-0.4, -0.2) is 62.5 Å². The zero-order valence-electron chi connectivity index (χ0n) is 28.9. The Kier molecular flexibility index (Phi) is 11.8. The van der Waals surface area contributed by atoms with Crippen molar-refractivity contribution in [2.45, 2.75) is 30.5 Å². The van der Waals surface area contributed by atoms with Gasteiger partial charge in [0.1, 0.15) is 0 Å². The van der Waals surface area contributed by atoms with Crippen molar-refractivity contribution >= 4 is 27.9 Å². The lowest BCUT2D eigenvalue weighted by molar-refractivity contribution is -0.149. The summed E-state index contributed by atoms with van der Waals surface area (Å²) in [6.45, 7) is 1.11. The number of sulfonamides is 1. The molecule has 0 aliphatic heterocycles. The number of halogens is 3. The normalized spacial score (nSPS) is 12.2. The summed E-state index contributed by atoms with van der Waals surface area (Å²) in [5, 5.41) is 0.813. The molecule has 0 saturated carbocycles. The molecule has 0 radical (unpaired) electrons. The first-order valence-corrected chi connectivity index (χ1v) is 17.8. The van der Waals surface area contributed by atoms with Crippen LogP contribution in [0.25, 0.3) is 22.3 Å². The van der Waals surface area contributed by atoms with E-state index in [-0.39, 0.29) is 24.1 Å². The molecule has 5 aromatic carbocycles. The van der Waals surface area contributed by atoms with Gasteiger partial charge in [-0.1, -0.05) is 91.0 Å². The van der Waals surface area contributed by atoms with Crippen LogP contribution in [-0.2, 0) is 36.9 Å². The van der Waals surface area contributed by atoms with Gasteiger partial charge in [-0.3, -0.25) is 4.79 Å². The lowest BCUT2D eigenvalue weighted by Gasteiger charge is -2.38. The average molecular weight is 745 g/mol. The topological polar surface area (TPSA) is 110 Å². The van der Waals surface area contributed by atoms with E-state index in [2.05, 4.69) is 0 Å². The first-order valence-electron chi connectivity index (χ1n) is 16.3. The second kappa shape index (κ2) is 16.3. The summed E-state index contributed by atoms with van der Waals surface area (Å²) in [6.07, 6.45) is -4.68. The minimum atomic E-state index is -4.74. The number of amides is 1. The van der Waals surface area contributed by atoms with E-state index in [0.717, 1.165) is 46.9 Å². The number of benzene rings is 5. The minimum Gasteiger partial charge on any atom is -0.467 e. The molecule has 274 valence electrons. The van der Waals surface area contributed by atoms with E-state index < -0.39 is 50.5 Å². The molecule has 0 saturated heterocycles. The number of carbonyl (C=O) groups is 3. The van der Waals surface area contributed by atoms with Crippen LogP contribution >= 0.6 is 0 Å². The fraction of sp³-hybridized carbons (Fsp3) is 0.175. The molecule has 0 aromatic heterocycles. The van der Waals surface area contributed by atoms with E-state index in [1.165, 1.54) is 67.6 Å². The third-order valence-corrected chi connectivity index (χ3v) is 10.4. The number of hydrogen-bond acceptors (Lipinski definition) is 7. The fourth-order valence-electron chi connectivity index (χ4n) is 5.80. The molecule has 0 spiro atoms. The molecular weight excluding hydrogens is 710 g/mol. The van der Waals surface area contributed by atoms with Crippen LogP contribution in [0.3, 0.4) is 0 Å². The van der Waals surface area contributed by atoms with Crippen molar-refractivity contribution in [3.05, 3.63) is 150 Å². The summed E-state index contributed by atoms with van der Waals surface area (Å²) in [7, 11) is -2.52. The van der Waals surface area contributed by atoms with Crippen molar-refractivity contribution in [3.63, 3.8) is 0 Å². The number of ether oxygens (including phenoxy) is 2. The molecule has 1 unspecified atom stereocenters. The Morgan fingerprint density at radius 3 is 1.72 bits per heavy atom.